The summed E-state index contributed by atoms with van der Waals surface area (Å²) in [5.41, 5.74) is 0.987. The highest BCUT2D eigenvalue weighted by atomic mass is 16.5. The van der Waals surface area contributed by atoms with Crippen molar-refractivity contribution in [2.24, 2.45) is 0 Å². The number of hydrogen-bond acceptors (Lipinski definition) is 7. The topological polar surface area (TPSA) is 92.3 Å². The third-order valence-corrected chi connectivity index (χ3v) is 3.90. The number of hydrogen-bond donors (Lipinski definition) is 1. The molecule has 1 N–H and O–H groups in total. The smallest absolute Gasteiger partial charge is 0.342 e. The van der Waals surface area contributed by atoms with Crippen LogP contribution >= 0.6 is 0 Å². The Kier molecular flexibility index (Phi) is 7.50. The van der Waals surface area contributed by atoms with E-state index in [1.807, 2.05) is 0 Å². The molecular formula is C20H23NO7. The molecule has 0 saturated carbocycles. The molecule has 0 radical (unpaired) electrons. The molecule has 2 aromatic carbocycles. The Bertz CT molecular complexity index is 835. The molecule has 0 spiro atoms. The van der Waals surface area contributed by atoms with Gasteiger partial charge in [0.1, 0.15) is 17.1 Å². The zero-order chi connectivity index (χ0) is 20.5. The van der Waals surface area contributed by atoms with E-state index in [-0.39, 0.29) is 12.1 Å². The highest BCUT2D eigenvalue weighted by molar-refractivity contribution is 5.94. The van der Waals surface area contributed by atoms with Crippen LogP contribution in [0.3, 0.4) is 0 Å². The molecule has 0 aromatic heterocycles. The fraction of sp³-hybridized carbons (Fsp3) is 0.300. The number of rotatable bonds is 9. The van der Waals surface area contributed by atoms with Crippen LogP contribution in [-0.2, 0) is 16.1 Å². The van der Waals surface area contributed by atoms with E-state index < -0.39 is 18.5 Å². The average molecular weight is 389 g/mol. The van der Waals surface area contributed by atoms with Crippen molar-refractivity contribution in [1.82, 2.24) is 5.32 Å². The fourth-order valence-corrected chi connectivity index (χ4v) is 2.42. The predicted octanol–water partition coefficient (Wildman–Crippen LogP) is 2.19. The Hall–Kier alpha value is -3.42. The van der Waals surface area contributed by atoms with Gasteiger partial charge in [-0.15, -0.1) is 0 Å². The number of ether oxygens (including phenoxy) is 5. The Morgan fingerprint density at radius 1 is 0.821 bits per heavy atom. The molecule has 0 atom stereocenters. The van der Waals surface area contributed by atoms with Crippen LogP contribution in [0.5, 0.6) is 23.0 Å². The van der Waals surface area contributed by atoms with Gasteiger partial charge in [-0.1, -0.05) is 6.07 Å². The molecule has 0 aliphatic carbocycles. The Morgan fingerprint density at radius 3 is 2.14 bits per heavy atom. The first-order valence-electron chi connectivity index (χ1n) is 8.39. The van der Waals surface area contributed by atoms with E-state index in [2.05, 4.69) is 5.32 Å². The summed E-state index contributed by atoms with van der Waals surface area (Å²) in [6.45, 7) is -0.175. The van der Waals surface area contributed by atoms with E-state index in [4.69, 9.17) is 23.7 Å². The van der Waals surface area contributed by atoms with Gasteiger partial charge >= 0.3 is 5.97 Å². The van der Waals surface area contributed by atoms with Gasteiger partial charge in [-0.3, -0.25) is 4.79 Å². The SMILES string of the molecule is COc1ccc(OC)c(C(=O)OCC(=O)NCc2ccc(OC)c(OC)c2)c1. The minimum absolute atomic E-state index is 0.176. The minimum Gasteiger partial charge on any atom is -0.497 e. The number of carbonyl (C=O) groups excluding carboxylic acids is 2. The first-order chi connectivity index (χ1) is 13.5. The molecule has 150 valence electrons. The molecule has 0 aliphatic rings. The molecule has 0 aliphatic heterocycles. The van der Waals surface area contributed by atoms with Gasteiger partial charge < -0.3 is 29.0 Å². The Labute approximate surface area is 163 Å². The van der Waals surface area contributed by atoms with Crippen LogP contribution in [0, 0.1) is 0 Å². The van der Waals surface area contributed by atoms with Crippen LogP contribution in [0.25, 0.3) is 0 Å². The number of methoxy groups -OCH3 is 4. The maximum atomic E-state index is 12.3. The molecule has 8 heteroatoms. The van der Waals surface area contributed by atoms with Gasteiger partial charge in [0.2, 0.25) is 0 Å². The lowest BCUT2D eigenvalue weighted by Crippen LogP contribution is -2.28. The lowest BCUT2D eigenvalue weighted by molar-refractivity contribution is -0.124. The summed E-state index contributed by atoms with van der Waals surface area (Å²) in [6, 6.07) is 10.0. The molecule has 0 unspecified atom stereocenters. The van der Waals surface area contributed by atoms with Crippen molar-refractivity contribution in [2.45, 2.75) is 6.54 Å². The summed E-state index contributed by atoms with van der Waals surface area (Å²) in [5, 5.41) is 2.68. The van der Waals surface area contributed by atoms with Crippen molar-refractivity contribution in [2.75, 3.05) is 35.0 Å². The molecule has 28 heavy (non-hydrogen) atoms. The van der Waals surface area contributed by atoms with Crippen LogP contribution in [0.4, 0.5) is 0 Å². The van der Waals surface area contributed by atoms with Crippen LogP contribution in [0.15, 0.2) is 36.4 Å². The molecule has 1 amide bonds. The summed E-state index contributed by atoms with van der Waals surface area (Å²) in [5.74, 6) is 0.841. The van der Waals surface area contributed by atoms with Crippen LogP contribution in [0.2, 0.25) is 0 Å². The van der Waals surface area contributed by atoms with Gasteiger partial charge in [-0.2, -0.15) is 0 Å². The van der Waals surface area contributed by atoms with Crippen molar-refractivity contribution < 1.29 is 33.3 Å². The summed E-state index contributed by atoms with van der Waals surface area (Å²) in [7, 11) is 6.00. The molecule has 0 fully saturated rings. The Balaban J connectivity index is 1.91. The highest BCUT2D eigenvalue weighted by Gasteiger charge is 2.16. The van der Waals surface area contributed by atoms with Gasteiger partial charge in [0.05, 0.1) is 28.4 Å². The van der Waals surface area contributed by atoms with E-state index in [0.717, 1.165) is 5.56 Å². The van der Waals surface area contributed by atoms with Crippen molar-refractivity contribution in [3.63, 3.8) is 0 Å². The lowest BCUT2D eigenvalue weighted by Gasteiger charge is -2.11. The average Bonchev–Trinajstić information content (AvgIpc) is 2.75. The number of esters is 1. The second-order valence-electron chi connectivity index (χ2n) is 5.61. The van der Waals surface area contributed by atoms with Crippen LogP contribution < -0.4 is 24.3 Å². The molecular weight excluding hydrogens is 366 g/mol. The molecule has 0 saturated heterocycles. The van der Waals surface area contributed by atoms with E-state index in [9.17, 15) is 9.59 Å². The third-order valence-electron chi connectivity index (χ3n) is 3.90. The van der Waals surface area contributed by atoms with E-state index in [1.54, 1.807) is 37.4 Å². The van der Waals surface area contributed by atoms with Gasteiger partial charge in [0.25, 0.3) is 5.91 Å². The molecule has 0 bridgehead atoms. The van der Waals surface area contributed by atoms with Crippen molar-refractivity contribution >= 4 is 11.9 Å². The normalized spacial score (nSPS) is 10.0. The van der Waals surface area contributed by atoms with E-state index in [0.29, 0.717) is 23.0 Å². The maximum absolute atomic E-state index is 12.3. The predicted molar refractivity (Wildman–Crippen MR) is 101 cm³/mol. The summed E-state index contributed by atoms with van der Waals surface area (Å²) >= 11 is 0. The molecule has 0 heterocycles. The number of nitrogens with one attached hydrogen (secondary N) is 1. The maximum Gasteiger partial charge on any atom is 0.342 e. The van der Waals surface area contributed by atoms with Crippen molar-refractivity contribution in [3.05, 3.63) is 47.5 Å². The summed E-state index contributed by atoms with van der Waals surface area (Å²) < 4.78 is 25.7. The first-order valence-corrected chi connectivity index (χ1v) is 8.39. The number of benzene rings is 2. The zero-order valence-electron chi connectivity index (χ0n) is 16.2. The molecule has 2 aromatic rings. The van der Waals surface area contributed by atoms with Crippen molar-refractivity contribution in [3.8, 4) is 23.0 Å². The zero-order valence-corrected chi connectivity index (χ0v) is 16.2. The van der Waals surface area contributed by atoms with Gasteiger partial charge in [0, 0.05) is 6.54 Å². The van der Waals surface area contributed by atoms with Gasteiger partial charge in [-0.05, 0) is 35.9 Å². The number of carbonyl (C=O) groups is 2. The monoisotopic (exact) mass is 389 g/mol. The molecule has 2 rings (SSSR count). The quantitative estimate of drug-likeness (QED) is 0.657. The fourth-order valence-electron chi connectivity index (χ4n) is 2.42. The Morgan fingerprint density at radius 2 is 1.50 bits per heavy atom. The van der Waals surface area contributed by atoms with Crippen LogP contribution in [0.1, 0.15) is 15.9 Å². The standard InChI is InChI=1S/C20H23NO7/c1-24-14-6-8-16(25-2)15(10-14)20(23)28-12-19(22)21-11-13-5-7-17(26-3)18(9-13)27-4/h5-10H,11-12H2,1-4H3,(H,21,22). The summed E-state index contributed by atoms with van der Waals surface area (Å²) in [4.78, 5) is 24.3. The van der Waals surface area contributed by atoms with E-state index >= 15 is 0 Å². The minimum atomic E-state index is -0.683. The van der Waals surface area contributed by atoms with E-state index in [1.165, 1.54) is 27.4 Å². The van der Waals surface area contributed by atoms with Crippen molar-refractivity contribution in [1.29, 1.82) is 0 Å². The summed E-state index contributed by atoms with van der Waals surface area (Å²) in [6.07, 6.45) is 0. The first kappa shape index (κ1) is 20.9. The largest absolute Gasteiger partial charge is 0.497 e. The van der Waals surface area contributed by atoms with Crippen LogP contribution in [-0.4, -0.2) is 46.9 Å². The van der Waals surface area contributed by atoms with Gasteiger partial charge in [-0.25, -0.2) is 4.79 Å². The highest BCUT2D eigenvalue weighted by Crippen LogP contribution is 2.27. The lowest BCUT2D eigenvalue weighted by atomic mass is 10.2. The second-order valence-corrected chi connectivity index (χ2v) is 5.61. The number of amides is 1. The van der Waals surface area contributed by atoms with Gasteiger partial charge in [0.15, 0.2) is 18.1 Å². The second kappa shape index (κ2) is 10.1. The molecule has 8 nitrogen and oxygen atoms in total. The third kappa shape index (κ3) is 5.29.